The van der Waals surface area contributed by atoms with Crippen molar-refractivity contribution in [2.24, 2.45) is 10.8 Å². The summed E-state index contributed by atoms with van der Waals surface area (Å²) in [6.07, 6.45) is 2.66. The van der Waals surface area contributed by atoms with Crippen molar-refractivity contribution in [1.82, 2.24) is 51.4 Å². The highest BCUT2D eigenvalue weighted by Crippen LogP contribution is 2.28. The van der Waals surface area contributed by atoms with Gasteiger partial charge in [0.1, 0.15) is 12.1 Å². The van der Waals surface area contributed by atoms with Crippen LogP contribution in [0.4, 0.5) is 0 Å². The molecule has 0 aromatic heterocycles. The molecule has 3 aromatic carbocycles. The molecule has 2 aliphatic rings. The fourth-order valence-electron chi connectivity index (χ4n) is 9.20. The monoisotopic (exact) mass is 991 g/mol. The first-order valence-corrected chi connectivity index (χ1v) is 25.7. The maximum Gasteiger partial charge on any atom is 0.251 e. The number of hydrogen-bond donors (Lipinski definition) is 6. The summed E-state index contributed by atoms with van der Waals surface area (Å²) in [7, 11) is 7.29. The van der Waals surface area contributed by atoms with Crippen molar-refractivity contribution in [3.05, 3.63) is 107 Å². The molecule has 0 spiro atoms. The number of amides is 6. The van der Waals surface area contributed by atoms with Gasteiger partial charge in [0.2, 0.25) is 23.6 Å². The Morgan fingerprint density at radius 1 is 0.583 bits per heavy atom. The van der Waals surface area contributed by atoms with E-state index >= 15 is 0 Å². The van der Waals surface area contributed by atoms with Crippen LogP contribution in [0.5, 0.6) is 0 Å². The third-order valence-electron chi connectivity index (χ3n) is 14.2. The predicted octanol–water partition coefficient (Wildman–Crippen LogP) is 2.63. The molecule has 17 heteroatoms. The molecule has 8 atom stereocenters. The van der Waals surface area contributed by atoms with E-state index in [-0.39, 0.29) is 72.7 Å². The number of nitrogens with zero attached hydrogens (tertiary/aromatic N) is 4. The zero-order valence-electron chi connectivity index (χ0n) is 45.0. The maximum atomic E-state index is 14.5. The minimum atomic E-state index is -0.794. The molecule has 2 fully saturated rings. The Kier molecular flexibility index (Phi) is 20.6. The number of likely N-dealkylation sites (N-methyl/N-ethyl adjacent to an activating group) is 2. The number of benzene rings is 3. The Morgan fingerprint density at radius 3 is 1.28 bits per heavy atom. The van der Waals surface area contributed by atoms with Gasteiger partial charge in [-0.05, 0) is 120 Å². The second-order valence-corrected chi connectivity index (χ2v) is 22.5. The number of carbonyl (C=O) groups excluding carboxylic acids is 6. The second-order valence-electron chi connectivity index (χ2n) is 22.5. The standard InChI is InChI=1S/C55H83BN10O6/c1-36(63(9)10)48(67)61-46(54(3,4)5)52(71)65-34-42(30-44(65)32-57-28-26-38-18-14-12-15-19-38)59-50(69)40-22-24-41(25-23-40)51(70)60-43-31-45(33-58-29-27-39-20-16-13-17-21-39)66(35-43)53(72)47(55(6,7)8)62-49(68)37(2)64(11)56/h12-25,36-37,42-47,57-58H,26-35,56H2,1-11H3,(H,59,69)(H,60,70)(H,61,67)(H,62,68)/t36-,37-,42-,43-,44-,45-,46+,47+/m0/s1. The lowest BCUT2D eigenvalue weighted by atomic mass is 9.85. The smallest absolute Gasteiger partial charge is 0.251 e. The lowest BCUT2D eigenvalue weighted by Gasteiger charge is -2.37. The molecular formula is C55H83BN10O6. The summed E-state index contributed by atoms with van der Waals surface area (Å²) < 4.78 is 0. The quantitative estimate of drug-likeness (QED) is 0.0646. The van der Waals surface area contributed by atoms with E-state index in [0.717, 1.165) is 12.8 Å². The number of hydrogen-bond acceptors (Lipinski definition) is 10. The third-order valence-corrected chi connectivity index (χ3v) is 14.2. The molecule has 0 unspecified atom stereocenters. The van der Waals surface area contributed by atoms with Crippen LogP contribution in [0.3, 0.4) is 0 Å². The summed E-state index contributed by atoms with van der Waals surface area (Å²) in [5.41, 5.74) is 1.96. The second kappa shape index (κ2) is 25.9. The van der Waals surface area contributed by atoms with E-state index in [2.05, 4.69) is 56.2 Å². The predicted molar refractivity (Wildman–Crippen MR) is 287 cm³/mol. The number of rotatable bonds is 22. The van der Waals surface area contributed by atoms with Gasteiger partial charge in [0.25, 0.3) is 11.8 Å². The van der Waals surface area contributed by atoms with E-state index < -0.39 is 35.0 Å². The highest BCUT2D eigenvalue weighted by atomic mass is 16.2. The van der Waals surface area contributed by atoms with Crippen molar-refractivity contribution in [2.75, 3.05) is 60.4 Å². The summed E-state index contributed by atoms with van der Waals surface area (Å²) in [4.78, 5) is 90.6. The molecule has 72 heavy (non-hydrogen) atoms. The van der Waals surface area contributed by atoms with Crippen molar-refractivity contribution in [1.29, 1.82) is 0 Å². The van der Waals surface area contributed by atoms with E-state index in [1.54, 1.807) is 57.6 Å². The average Bonchev–Trinajstić information content (AvgIpc) is 3.94. The zero-order valence-corrected chi connectivity index (χ0v) is 45.0. The Balaban J connectivity index is 1.25. The van der Waals surface area contributed by atoms with Gasteiger partial charge in [0.05, 0.1) is 12.1 Å². The van der Waals surface area contributed by atoms with Crippen LogP contribution >= 0.6 is 0 Å². The van der Waals surface area contributed by atoms with Crippen LogP contribution in [0.2, 0.25) is 0 Å². The van der Waals surface area contributed by atoms with E-state index in [1.807, 2.05) is 107 Å². The summed E-state index contributed by atoms with van der Waals surface area (Å²) in [5.74, 6) is -1.52. The molecule has 5 rings (SSSR count). The molecule has 0 bridgehead atoms. The number of likely N-dealkylation sites (tertiary alicyclic amines) is 2. The Morgan fingerprint density at radius 2 is 0.944 bits per heavy atom. The fourth-order valence-corrected chi connectivity index (χ4v) is 9.20. The van der Waals surface area contributed by atoms with E-state index in [9.17, 15) is 28.8 Å². The normalized spacial score (nSPS) is 19.9. The van der Waals surface area contributed by atoms with Gasteiger partial charge in [-0.15, -0.1) is 0 Å². The molecule has 2 saturated heterocycles. The summed E-state index contributed by atoms with van der Waals surface area (Å²) >= 11 is 0. The molecule has 2 heterocycles. The highest BCUT2D eigenvalue weighted by Gasteiger charge is 2.45. The lowest BCUT2D eigenvalue weighted by Crippen LogP contribution is -2.59. The minimum Gasteiger partial charge on any atom is -0.347 e. The van der Waals surface area contributed by atoms with Gasteiger partial charge >= 0.3 is 0 Å². The van der Waals surface area contributed by atoms with Gasteiger partial charge in [0, 0.05) is 61.5 Å². The van der Waals surface area contributed by atoms with Crippen molar-refractivity contribution in [3.63, 3.8) is 0 Å². The summed E-state index contributed by atoms with van der Waals surface area (Å²) in [6, 6.07) is 23.2. The summed E-state index contributed by atoms with van der Waals surface area (Å²) in [5, 5.41) is 19.5. The van der Waals surface area contributed by atoms with Crippen LogP contribution in [0.25, 0.3) is 0 Å². The molecule has 6 N–H and O–H groups in total. The van der Waals surface area contributed by atoms with Crippen LogP contribution in [-0.2, 0) is 32.0 Å². The van der Waals surface area contributed by atoms with E-state index in [4.69, 9.17) is 0 Å². The van der Waals surface area contributed by atoms with Crippen molar-refractivity contribution < 1.29 is 28.8 Å². The molecule has 0 radical (unpaired) electrons. The first-order chi connectivity index (χ1) is 33.9. The minimum absolute atomic E-state index is 0.195. The lowest BCUT2D eigenvalue weighted by molar-refractivity contribution is -0.141. The van der Waals surface area contributed by atoms with Crippen LogP contribution in [-0.4, -0.2) is 172 Å². The topological polar surface area (TPSA) is 188 Å². The van der Waals surface area contributed by atoms with Gasteiger partial charge in [-0.25, -0.2) is 0 Å². The summed E-state index contributed by atoms with van der Waals surface area (Å²) in [6.45, 7) is 18.2. The van der Waals surface area contributed by atoms with Gasteiger partial charge in [-0.1, -0.05) is 102 Å². The zero-order chi connectivity index (χ0) is 52.9. The first-order valence-electron chi connectivity index (χ1n) is 25.7. The Hall–Kier alpha value is -5.62. The van der Waals surface area contributed by atoms with Crippen molar-refractivity contribution in [3.8, 4) is 0 Å². The maximum absolute atomic E-state index is 14.5. The number of nitrogens with one attached hydrogen (secondary N) is 6. The van der Waals surface area contributed by atoms with Gasteiger partial charge in [0.15, 0.2) is 7.98 Å². The van der Waals surface area contributed by atoms with Crippen LogP contribution in [0.15, 0.2) is 84.9 Å². The van der Waals surface area contributed by atoms with Gasteiger partial charge in [-0.3, -0.25) is 33.7 Å². The van der Waals surface area contributed by atoms with E-state index in [0.29, 0.717) is 50.1 Å². The van der Waals surface area contributed by atoms with Crippen molar-refractivity contribution in [2.45, 2.75) is 129 Å². The average molecular weight is 991 g/mol. The first kappa shape index (κ1) is 57.3. The van der Waals surface area contributed by atoms with Crippen LogP contribution in [0.1, 0.15) is 100 Å². The number of carbonyl (C=O) groups is 6. The van der Waals surface area contributed by atoms with Crippen LogP contribution in [0, 0.1) is 10.8 Å². The van der Waals surface area contributed by atoms with E-state index in [1.165, 1.54) is 11.1 Å². The molecule has 0 aliphatic carbocycles. The molecule has 0 saturated carbocycles. The van der Waals surface area contributed by atoms with Crippen LogP contribution < -0.4 is 31.9 Å². The largest absolute Gasteiger partial charge is 0.347 e. The molecule has 6 amide bonds. The molecule has 16 nitrogen and oxygen atoms in total. The highest BCUT2D eigenvalue weighted by molar-refractivity contribution is 6.06. The van der Waals surface area contributed by atoms with Gasteiger partial charge in [-0.2, -0.15) is 0 Å². The fraction of sp³-hybridized carbons (Fsp3) is 0.564. The third kappa shape index (κ3) is 16.2. The molecule has 2 aliphatic heterocycles. The van der Waals surface area contributed by atoms with Gasteiger partial charge < -0.3 is 46.5 Å². The molecule has 3 aromatic rings. The Bertz CT molecular complexity index is 2110. The van der Waals surface area contributed by atoms with Crippen molar-refractivity contribution >= 4 is 43.4 Å². The SMILES string of the molecule is BN(C)[C@@H](C)C(=O)N[C@H](C(=O)N1C[C@@H](NC(=O)c2ccc(C(=O)N[C@H]3C[C@@H](CNCCc4ccccc4)N(C(=O)[C@@H](NC(=O)[C@H](C)N(C)C)C(C)(C)C)C3)cc2)C[C@H]1CNCCc1ccccc1)C(C)(C)C. The molecular weight excluding hydrogens is 907 g/mol. The molecule has 392 valence electrons. The Labute approximate surface area is 430 Å².